The number of amides is 1. The number of carbonyl (C=O) groups excluding carboxylic acids is 1. The molecule has 1 N–H and O–H groups in total. The zero-order chi connectivity index (χ0) is 14.5. The summed E-state index contributed by atoms with van der Waals surface area (Å²) < 4.78 is 0. The Morgan fingerprint density at radius 1 is 1.14 bits per heavy atom. The molecule has 1 amide bonds. The van der Waals surface area contributed by atoms with E-state index in [1.54, 1.807) is 11.8 Å². The molecule has 1 aromatic carbocycles. The molecular weight excluding hydrogens is 280 g/mol. The van der Waals surface area contributed by atoms with Gasteiger partial charge in [0.1, 0.15) is 0 Å². The molecule has 0 bridgehead atoms. The van der Waals surface area contributed by atoms with E-state index in [2.05, 4.69) is 22.3 Å². The Hall–Kier alpha value is -1.00. The molecule has 2 fully saturated rings. The molecule has 3 rings (SSSR count). The lowest BCUT2D eigenvalue weighted by molar-refractivity contribution is -0.130. The van der Waals surface area contributed by atoms with Crippen molar-refractivity contribution in [2.24, 2.45) is 11.8 Å². The molecule has 3 nitrogen and oxygen atoms in total. The summed E-state index contributed by atoms with van der Waals surface area (Å²) in [6, 6.07) is 10.3. The maximum Gasteiger partial charge on any atom is 0.223 e. The van der Waals surface area contributed by atoms with Crippen molar-refractivity contribution in [1.29, 1.82) is 0 Å². The summed E-state index contributed by atoms with van der Waals surface area (Å²) in [7, 11) is 0. The molecule has 4 heteroatoms. The number of rotatable bonds is 4. The fraction of sp³-hybridized carbons (Fsp3) is 0.588. The van der Waals surface area contributed by atoms with Crippen LogP contribution < -0.4 is 5.32 Å². The van der Waals surface area contributed by atoms with Crippen LogP contribution in [-0.4, -0.2) is 42.7 Å². The number of carbonyl (C=O) groups is 1. The van der Waals surface area contributed by atoms with Crippen LogP contribution in [0, 0.1) is 11.8 Å². The van der Waals surface area contributed by atoms with E-state index in [0.717, 1.165) is 43.8 Å². The van der Waals surface area contributed by atoms with E-state index in [-0.39, 0.29) is 0 Å². The molecule has 0 radical (unpaired) electrons. The predicted octanol–water partition coefficient (Wildman–Crippen LogP) is 2.63. The van der Waals surface area contributed by atoms with Crippen molar-refractivity contribution in [3.8, 4) is 0 Å². The first-order valence-corrected chi connectivity index (χ1v) is 8.98. The summed E-state index contributed by atoms with van der Waals surface area (Å²) in [4.78, 5) is 15.7. The second-order valence-corrected chi connectivity index (χ2v) is 7.22. The molecule has 2 aliphatic rings. The quantitative estimate of drug-likeness (QED) is 0.868. The molecule has 21 heavy (non-hydrogen) atoms. The summed E-state index contributed by atoms with van der Waals surface area (Å²) in [5, 5.41) is 3.48. The first-order chi connectivity index (χ1) is 10.3. The van der Waals surface area contributed by atoms with E-state index >= 15 is 0 Å². The zero-order valence-electron chi connectivity index (χ0n) is 12.5. The van der Waals surface area contributed by atoms with Crippen LogP contribution in [0.4, 0.5) is 0 Å². The fourth-order valence-corrected chi connectivity index (χ4v) is 4.26. The molecule has 0 spiro atoms. The van der Waals surface area contributed by atoms with E-state index < -0.39 is 0 Å². The monoisotopic (exact) mass is 304 g/mol. The zero-order valence-corrected chi connectivity index (χ0v) is 13.3. The Morgan fingerprint density at radius 3 is 2.48 bits per heavy atom. The molecule has 114 valence electrons. The Morgan fingerprint density at radius 2 is 1.81 bits per heavy atom. The summed E-state index contributed by atoms with van der Waals surface area (Å²) in [6.07, 6.45) is 3.01. The molecule has 0 saturated carbocycles. The third-order valence-electron chi connectivity index (χ3n) is 4.70. The van der Waals surface area contributed by atoms with Crippen LogP contribution in [0.5, 0.6) is 0 Å². The number of fused-ring (bicyclic) bond motifs is 1. The number of benzene rings is 1. The third kappa shape index (κ3) is 4.01. The minimum Gasteiger partial charge on any atom is -0.343 e. The van der Waals surface area contributed by atoms with Crippen molar-refractivity contribution in [2.75, 3.05) is 31.9 Å². The molecule has 2 saturated heterocycles. The van der Waals surface area contributed by atoms with E-state index in [4.69, 9.17) is 0 Å². The summed E-state index contributed by atoms with van der Waals surface area (Å²) in [5.41, 5.74) is 0. The van der Waals surface area contributed by atoms with Crippen LogP contribution in [0.15, 0.2) is 35.2 Å². The molecule has 0 unspecified atom stereocenters. The smallest absolute Gasteiger partial charge is 0.223 e. The number of hydrogen-bond donors (Lipinski definition) is 1. The average Bonchev–Trinajstić information content (AvgIpc) is 2.87. The largest absolute Gasteiger partial charge is 0.343 e. The van der Waals surface area contributed by atoms with Crippen molar-refractivity contribution in [3.63, 3.8) is 0 Å². The minimum atomic E-state index is 0.339. The van der Waals surface area contributed by atoms with Gasteiger partial charge in [0.25, 0.3) is 0 Å². The maximum atomic E-state index is 12.4. The Bertz CT molecular complexity index is 451. The van der Waals surface area contributed by atoms with E-state index in [1.165, 1.54) is 17.7 Å². The van der Waals surface area contributed by atoms with Crippen molar-refractivity contribution in [3.05, 3.63) is 30.3 Å². The standard InChI is InChI=1S/C17H24N2OS/c20-17(8-11-21-16-4-2-1-3-5-16)19-9-6-14-12-18-13-15(14)7-10-19/h1-5,14-15,18H,6-13H2/t14-,15+. The third-order valence-corrected chi connectivity index (χ3v) is 5.71. The number of nitrogens with zero attached hydrogens (tertiary/aromatic N) is 1. The fourth-order valence-electron chi connectivity index (χ4n) is 3.40. The first kappa shape index (κ1) is 14.9. The number of nitrogens with one attached hydrogen (secondary N) is 1. The van der Waals surface area contributed by atoms with Gasteiger partial charge < -0.3 is 10.2 Å². The lowest BCUT2D eigenvalue weighted by Crippen LogP contribution is -2.32. The van der Waals surface area contributed by atoms with Gasteiger partial charge in [0.15, 0.2) is 0 Å². The summed E-state index contributed by atoms with van der Waals surface area (Å²) in [6.45, 7) is 4.21. The van der Waals surface area contributed by atoms with Crippen LogP contribution in [0.1, 0.15) is 19.3 Å². The lowest BCUT2D eigenvalue weighted by atomic mass is 9.92. The SMILES string of the molecule is O=C(CCSc1ccccc1)N1CC[C@@H]2CNC[C@@H]2CC1. The highest BCUT2D eigenvalue weighted by atomic mass is 32.2. The van der Waals surface area contributed by atoms with Gasteiger partial charge in [-0.3, -0.25) is 4.79 Å². The van der Waals surface area contributed by atoms with Gasteiger partial charge in [-0.05, 0) is 49.9 Å². The van der Waals surface area contributed by atoms with E-state index in [0.29, 0.717) is 12.3 Å². The second-order valence-electron chi connectivity index (χ2n) is 6.05. The van der Waals surface area contributed by atoms with Crippen LogP contribution in [-0.2, 0) is 4.79 Å². The van der Waals surface area contributed by atoms with Crippen LogP contribution in [0.3, 0.4) is 0 Å². The first-order valence-electron chi connectivity index (χ1n) is 7.99. The van der Waals surface area contributed by atoms with Gasteiger partial charge in [-0.1, -0.05) is 18.2 Å². The van der Waals surface area contributed by atoms with Gasteiger partial charge >= 0.3 is 0 Å². The Balaban J connectivity index is 1.43. The van der Waals surface area contributed by atoms with Crippen LogP contribution in [0.25, 0.3) is 0 Å². The molecule has 1 aromatic rings. The highest BCUT2D eigenvalue weighted by Crippen LogP contribution is 2.27. The van der Waals surface area contributed by atoms with E-state index in [1.807, 2.05) is 18.2 Å². The van der Waals surface area contributed by atoms with Crippen LogP contribution in [0.2, 0.25) is 0 Å². The molecular formula is C17H24N2OS. The van der Waals surface area contributed by atoms with Gasteiger partial charge in [-0.2, -0.15) is 0 Å². The Kier molecular flexibility index (Phi) is 5.20. The van der Waals surface area contributed by atoms with Gasteiger partial charge in [-0.15, -0.1) is 11.8 Å². The summed E-state index contributed by atoms with van der Waals surface area (Å²) in [5.74, 6) is 2.81. The normalized spacial score (nSPS) is 25.4. The van der Waals surface area contributed by atoms with Crippen LogP contribution >= 0.6 is 11.8 Å². The Labute approximate surface area is 131 Å². The molecule has 2 heterocycles. The van der Waals surface area contributed by atoms with Crippen molar-refractivity contribution < 1.29 is 4.79 Å². The molecule has 0 aliphatic carbocycles. The minimum absolute atomic E-state index is 0.339. The second kappa shape index (κ2) is 7.32. The maximum absolute atomic E-state index is 12.4. The number of thioether (sulfide) groups is 1. The number of hydrogen-bond acceptors (Lipinski definition) is 3. The van der Waals surface area contributed by atoms with Gasteiger partial charge in [0, 0.05) is 30.2 Å². The van der Waals surface area contributed by atoms with E-state index in [9.17, 15) is 4.79 Å². The van der Waals surface area contributed by atoms with Crippen molar-refractivity contribution in [2.45, 2.75) is 24.2 Å². The van der Waals surface area contributed by atoms with Crippen molar-refractivity contribution >= 4 is 17.7 Å². The van der Waals surface area contributed by atoms with Gasteiger partial charge in [0.2, 0.25) is 5.91 Å². The average molecular weight is 304 g/mol. The molecule has 2 aliphatic heterocycles. The molecule has 2 atom stereocenters. The highest BCUT2D eigenvalue weighted by molar-refractivity contribution is 7.99. The number of likely N-dealkylation sites (tertiary alicyclic amines) is 1. The van der Waals surface area contributed by atoms with Crippen molar-refractivity contribution in [1.82, 2.24) is 10.2 Å². The van der Waals surface area contributed by atoms with Gasteiger partial charge in [-0.25, -0.2) is 0 Å². The van der Waals surface area contributed by atoms with Gasteiger partial charge in [0.05, 0.1) is 0 Å². The lowest BCUT2D eigenvalue weighted by Gasteiger charge is -2.20. The predicted molar refractivity (Wildman–Crippen MR) is 87.4 cm³/mol. The highest BCUT2D eigenvalue weighted by Gasteiger charge is 2.31. The molecule has 0 aromatic heterocycles. The summed E-state index contributed by atoms with van der Waals surface area (Å²) >= 11 is 1.78. The topological polar surface area (TPSA) is 32.3 Å².